The molecule has 1 aliphatic heterocycles. The van der Waals surface area contributed by atoms with Crippen LogP contribution in [0.3, 0.4) is 0 Å². The van der Waals surface area contributed by atoms with E-state index in [2.05, 4.69) is 10.1 Å². The molecule has 28 heavy (non-hydrogen) atoms. The van der Waals surface area contributed by atoms with Crippen LogP contribution in [0.4, 0.5) is 14.5 Å². The summed E-state index contributed by atoms with van der Waals surface area (Å²) in [6.07, 6.45) is -1.18. The lowest BCUT2D eigenvalue weighted by atomic mass is 10.2. The van der Waals surface area contributed by atoms with Gasteiger partial charge in [-0.3, -0.25) is 4.79 Å². The molecule has 0 saturated heterocycles. The van der Waals surface area contributed by atoms with Gasteiger partial charge in [0.05, 0.1) is 11.3 Å². The topological polar surface area (TPSA) is 83.1 Å². The minimum absolute atomic E-state index is 0.0371. The molecule has 0 aliphatic carbocycles. The highest BCUT2D eigenvalue weighted by molar-refractivity contribution is 5.98. The Hall–Kier alpha value is -3.36. The Balaban J connectivity index is 1.64. The van der Waals surface area contributed by atoms with Gasteiger partial charge in [0, 0.05) is 0 Å². The van der Waals surface area contributed by atoms with Crippen molar-refractivity contribution in [3.8, 4) is 17.2 Å². The number of hydrogen-bond acceptors (Lipinski definition) is 6. The zero-order chi connectivity index (χ0) is 20.1. The van der Waals surface area contributed by atoms with E-state index in [1.54, 1.807) is 12.1 Å². The van der Waals surface area contributed by atoms with Crippen molar-refractivity contribution in [2.45, 2.75) is 19.6 Å². The Morgan fingerprint density at radius 3 is 2.54 bits per heavy atom. The van der Waals surface area contributed by atoms with Crippen molar-refractivity contribution >= 4 is 17.6 Å². The maximum Gasteiger partial charge on any atom is 0.387 e. The highest BCUT2D eigenvalue weighted by Gasteiger charge is 2.22. The second-order valence-electron chi connectivity index (χ2n) is 5.77. The van der Waals surface area contributed by atoms with Gasteiger partial charge in [0.15, 0.2) is 17.6 Å². The molecule has 0 saturated carbocycles. The summed E-state index contributed by atoms with van der Waals surface area (Å²) in [4.78, 5) is 24.6. The number of ether oxygens (including phenoxy) is 4. The number of rotatable bonds is 6. The van der Waals surface area contributed by atoms with Crippen LogP contribution in [0, 0.1) is 0 Å². The second kappa shape index (κ2) is 8.55. The smallest absolute Gasteiger partial charge is 0.387 e. The number of fused-ring (bicyclic) bond motifs is 1. The van der Waals surface area contributed by atoms with Gasteiger partial charge < -0.3 is 24.3 Å². The normalized spacial score (nSPS) is 13.6. The van der Waals surface area contributed by atoms with Crippen LogP contribution >= 0.6 is 0 Å². The number of nitrogens with one attached hydrogen (secondary N) is 1. The van der Waals surface area contributed by atoms with E-state index in [0.717, 1.165) is 0 Å². The van der Waals surface area contributed by atoms with Crippen molar-refractivity contribution in [2.75, 3.05) is 18.5 Å². The molecular weight excluding hydrogens is 376 g/mol. The largest absolute Gasteiger partial charge is 0.486 e. The number of esters is 1. The lowest BCUT2D eigenvalue weighted by Gasteiger charge is -2.19. The van der Waals surface area contributed by atoms with E-state index in [0.29, 0.717) is 24.7 Å². The molecule has 1 aliphatic rings. The van der Waals surface area contributed by atoms with Crippen LogP contribution in [0.1, 0.15) is 17.3 Å². The SMILES string of the molecule is CC(OC(=O)c1ccc2c(c1)OCCO2)C(=O)Nc1ccccc1OC(F)F. The number of alkyl halides is 2. The van der Waals surface area contributed by atoms with Crippen LogP contribution in [0.5, 0.6) is 17.2 Å². The Kier molecular flexibility index (Phi) is 5.93. The summed E-state index contributed by atoms with van der Waals surface area (Å²) >= 11 is 0. The standard InChI is InChI=1S/C19H17F2NO6/c1-11(17(23)22-13-4-2-3-5-14(13)28-19(20)21)27-18(24)12-6-7-15-16(10-12)26-9-8-25-15/h2-7,10-11,19H,8-9H2,1H3,(H,22,23). The van der Waals surface area contributed by atoms with Gasteiger partial charge in [0.25, 0.3) is 5.91 Å². The zero-order valence-electron chi connectivity index (χ0n) is 14.8. The Bertz CT molecular complexity index is 873. The van der Waals surface area contributed by atoms with Gasteiger partial charge >= 0.3 is 12.6 Å². The van der Waals surface area contributed by atoms with E-state index in [1.807, 2.05) is 0 Å². The second-order valence-corrected chi connectivity index (χ2v) is 5.77. The van der Waals surface area contributed by atoms with Crippen molar-refractivity contribution in [3.05, 3.63) is 48.0 Å². The maximum absolute atomic E-state index is 12.5. The van der Waals surface area contributed by atoms with Crippen LogP contribution in [0.25, 0.3) is 0 Å². The van der Waals surface area contributed by atoms with Gasteiger partial charge in [-0.15, -0.1) is 0 Å². The fraction of sp³-hybridized carbons (Fsp3) is 0.263. The number of carbonyl (C=O) groups is 2. The first-order valence-corrected chi connectivity index (χ1v) is 8.39. The molecule has 1 heterocycles. The molecule has 0 spiro atoms. The molecule has 1 unspecified atom stereocenters. The average molecular weight is 393 g/mol. The van der Waals surface area contributed by atoms with Crippen LogP contribution in [-0.2, 0) is 9.53 Å². The minimum Gasteiger partial charge on any atom is -0.486 e. The quantitative estimate of drug-likeness (QED) is 0.759. The predicted octanol–water partition coefficient (Wildman–Crippen LogP) is 3.24. The highest BCUT2D eigenvalue weighted by Crippen LogP contribution is 2.31. The number of carbonyl (C=O) groups excluding carboxylic acids is 2. The molecule has 3 rings (SSSR count). The molecule has 1 N–H and O–H groups in total. The lowest BCUT2D eigenvalue weighted by molar-refractivity contribution is -0.123. The van der Waals surface area contributed by atoms with E-state index in [1.165, 1.54) is 37.3 Å². The van der Waals surface area contributed by atoms with Gasteiger partial charge in [0.1, 0.15) is 19.0 Å². The number of para-hydroxylation sites is 2. The van der Waals surface area contributed by atoms with E-state index in [4.69, 9.17) is 14.2 Å². The van der Waals surface area contributed by atoms with Crippen LogP contribution in [0.2, 0.25) is 0 Å². The maximum atomic E-state index is 12.5. The van der Waals surface area contributed by atoms with E-state index in [-0.39, 0.29) is 17.0 Å². The summed E-state index contributed by atoms with van der Waals surface area (Å²) in [7, 11) is 0. The summed E-state index contributed by atoms with van der Waals surface area (Å²) in [6.45, 7) is -0.889. The molecule has 2 aromatic carbocycles. The molecule has 0 aromatic heterocycles. The summed E-state index contributed by atoms with van der Waals surface area (Å²) < 4.78 is 45.2. The van der Waals surface area contributed by atoms with Crippen LogP contribution < -0.4 is 19.5 Å². The van der Waals surface area contributed by atoms with Gasteiger partial charge in [-0.25, -0.2) is 4.79 Å². The third kappa shape index (κ3) is 4.67. The summed E-state index contributed by atoms with van der Waals surface area (Å²) in [6, 6.07) is 10.2. The molecule has 9 heteroatoms. The molecule has 7 nitrogen and oxygen atoms in total. The molecule has 0 radical (unpaired) electrons. The first kappa shape index (κ1) is 19.4. The highest BCUT2D eigenvalue weighted by atomic mass is 19.3. The molecular formula is C19H17F2NO6. The predicted molar refractivity (Wildman–Crippen MR) is 94.0 cm³/mol. The molecule has 1 atom stereocenters. The number of hydrogen-bond donors (Lipinski definition) is 1. The van der Waals surface area contributed by atoms with Crippen molar-refractivity contribution in [2.24, 2.45) is 0 Å². The van der Waals surface area contributed by atoms with Crippen molar-refractivity contribution in [3.63, 3.8) is 0 Å². The number of anilines is 1. The van der Waals surface area contributed by atoms with Crippen LogP contribution in [0.15, 0.2) is 42.5 Å². The third-order valence-corrected chi connectivity index (χ3v) is 3.79. The monoisotopic (exact) mass is 393 g/mol. The fourth-order valence-corrected chi connectivity index (χ4v) is 2.46. The first-order chi connectivity index (χ1) is 13.4. The summed E-state index contributed by atoms with van der Waals surface area (Å²) in [5.74, 6) is -0.704. The summed E-state index contributed by atoms with van der Waals surface area (Å²) in [5, 5.41) is 2.40. The molecule has 0 fully saturated rings. The number of benzene rings is 2. The van der Waals surface area contributed by atoms with E-state index < -0.39 is 24.6 Å². The number of halogens is 2. The zero-order valence-corrected chi connectivity index (χ0v) is 14.8. The van der Waals surface area contributed by atoms with Crippen LogP contribution in [-0.4, -0.2) is 37.8 Å². The molecule has 148 valence electrons. The van der Waals surface area contributed by atoms with Crippen molar-refractivity contribution in [1.29, 1.82) is 0 Å². The van der Waals surface area contributed by atoms with Gasteiger partial charge in [-0.1, -0.05) is 12.1 Å². The Morgan fingerprint density at radius 1 is 1.07 bits per heavy atom. The van der Waals surface area contributed by atoms with Crippen molar-refractivity contribution in [1.82, 2.24) is 0 Å². The van der Waals surface area contributed by atoms with E-state index in [9.17, 15) is 18.4 Å². The first-order valence-electron chi connectivity index (χ1n) is 8.39. The molecule has 1 amide bonds. The number of amides is 1. The van der Waals surface area contributed by atoms with E-state index >= 15 is 0 Å². The minimum atomic E-state index is -3.04. The Morgan fingerprint density at radius 2 is 1.79 bits per heavy atom. The Labute approximate surface area is 159 Å². The fourth-order valence-electron chi connectivity index (χ4n) is 2.46. The summed E-state index contributed by atoms with van der Waals surface area (Å²) in [5.41, 5.74) is 0.223. The van der Waals surface area contributed by atoms with Gasteiger partial charge in [0.2, 0.25) is 0 Å². The molecule has 0 bridgehead atoms. The van der Waals surface area contributed by atoms with Gasteiger partial charge in [-0.05, 0) is 37.3 Å². The van der Waals surface area contributed by atoms with Gasteiger partial charge in [-0.2, -0.15) is 8.78 Å². The lowest BCUT2D eigenvalue weighted by Crippen LogP contribution is -2.30. The molecule has 2 aromatic rings. The van der Waals surface area contributed by atoms with Crippen molar-refractivity contribution < 1.29 is 37.3 Å². The average Bonchev–Trinajstić information content (AvgIpc) is 2.68. The third-order valence-electron chi connectivity index (χ3n) is 3.79.